The minimum Gasteiger partial charge on any atom is -0.302 e. The van der Waals surface area contributed by atoms with E-state index in [0.717, 1.165) is 46.6 Å². The first-order valence-corrected chi connectivity index (χ1v) is 11.0. The molecule has 3 rings (SSSR count). The lowest BCUT2D eigenvalue weighted by Gasteiger charge is -2.18. The Labute approximate surface area is 165 Å². The molecule has 1 aliphatic rings. The van der Waals surface area contributed by atoms with Crippen LogP contribution in [0, 0.1) is 0 Å². The molecule has 0 bridgehead atoms. The van der Waals surface area contributed by atoms with E-state index in [2.05, 4.69) is 23.4 Å². The Kier molecular flexibility index (Phi) is 7.29. The number of aromatic nitrogens is 2. The summed E-state index contributed by atoms with van der Waals surface area (Å²) in [6.07, 6.45) is 6.38. The third-order valence-corrected chi connectivity index (χ3v) is 6.36. The van der Waals surface area contributed by atoms with Crippen molar-refractivity contribution in [3.05, 3.63) is 34.1 Å². The molecule has 0 N–H and O–H groups in total. The quantitative estimate of drug-likeness (QED) is 0.675. The second-order valence-corrected chi connectivity index (χ2v) is 8.26. The average Bonchev–Trinajstić information content (AvgIpc) is 3.07. The van der Waals surface area contributed by atoms with E-state index in [1.54, 1.807) is 11.3 Å². The van der Waals surface area contributed by atoms with Gasteiger partial charge >= 0.3 is 0 Å². The molecular weight excluding hydrogens is 364 g/mol. The Morgan fingerprint density at radius 2 is 1.85 bits per heavy atom. The molecule has 1 saturated carbocycles. The molecule has 0 atom stereocenters. The summed E-state index contributed by atoms with van der Waals surface area (Å²) in [4.78, 5) is 8.58. The summed E-state index contributed by atoms with van der Waals surface area (Å²) < 4.78 is 2.11. The molecule has 6 heteroatoms. The van der Waals surface area contributed by atoms with Crippen molar-refractivity contribution in [1.82, 2.24) is 14.7 Å². The second kappa shape index (κ2) is 9.67. The maximum absolute atomic E-state index is 6.03. The lowest BCUT2D eigenvalue weighted by atomic mass is 9.96. The third kappa shape index (κ3) is 5.18. The topological polar surface area (TPSA) is 33.4 Å². The van der Waals surface area contributed by atoms with Crippen molar-refractivity contribution in [3.8, 4) is 10.6 Å². The van der Waals surface area contributed by atoms with Gasteiger partial charge in [-0.05, 0) is 38.1 Å². The molecule has 0 unspecified atom stereocenters. The zero-order valence-corrected chi connectivity index (χ0v) is 17.4. The highest BCUT2D eigenvalue weighted by Gasteiger charge is 2.14. The van der Waals surface area contributed by atoms with Gasteiger partial charge in [-0.3, -0.25) is 4.99 Å². The van der Waals surface area contributed by atoms with E-state index in [1.807, 2.05) is 24.3 Å². The predicted molar refractivity (Wildman–Crippen MR) is 111 cm³/mol. The van der Waals surface area contributed by atoms with Crippen molar-refractivity contribution >= 4 is 22.9 Å². The molecule has 1 aromatic heterocycles. The molecule has 0 saturated heterocycles. The van der Waals surface area contributed by atoms with Gasteiger partial charge in [0.1, 0.15) is 5.01 Å². The van der Waals surface area contributed by atoms with E-state index in [4.69, 9.17) is 21.7 Å². The molecule has 4 nitrogen and oxygen atoms in total. The third-order valence-electron chi connectivity index (χ3n) is 5.10. The zero-order chi connectivity index (χ0) is 18.4. The molecule has 1 fully saturated rings. The van der Waals surface area contributed by atoms with Crippen molar-refractivity contribution in [1.29, 1.82) is 0 Å². The Balaban J connectivity index is 1.88. The van der Waals surface area contributed by atoms with Gasteiger partial charge in [0.05, 0.1) is 12.6 Å². The first kappa shape index (κ1) is 19.6. The summed E-state index contributed by atoms with van der Waals surface area (Å²) in [6, 6.07) is 8.40. The van der Waals surface area contributed by atoms with Crippen molar-refractivity contribution in [2.75, 3.05) is 19.6 Å². The summed E-state index contributed by atoms with van der Waals surface area (Å²) in [5.74, 6) is 0. The SMILES string of the molecule is CCN(CC)CCn1nc(-c2ccc(Cl)cc2)sc1=NC1CCCCC1. The van der Waals surface area contributed by atoms with E-state index in [9.17, 15) is 0 Å². The smallest absolute Gasteiger partial charge is 0.203 e. The molecule has 1 aromatic carbocycles. The molecule has 0 aliphatic heterocycles. The van der Waals surface area contributed by atoms with Gasteiger partial charge in [-0.15, -0.1) is 0 Å². The summed E-state index contributed by atoms with van der Waals surface area (Å²) in [6.45, 7) is 8.45. The zero-order valence-electron chi connectivity index (χ0n) is 15.8. The molecule has 0 radical (unpaired) electrons. The first-order valence-electron chi connectivity index (χ1n) is 9.79. The van der Waals surface area contributed by atoms with Crippen molar-refractivity contribution in [3.63, 3.8) is 0 Å². The van der Waals surface area contributed by atoms with E-state index < -0.39 is 0 Å². The van der Waals surface area contributed by atoms with Gasteiger partial charge in [0.25, 0.3) is 0 Å². The molecule has 26 heavy (non-hydrogen) atoms. The molecule has 0 spiro atoms. The fourth-order valence-electron chi connectivity index (χ4n) is 3.40. The van der Waals surface area contributed by atoms with E-state index in [0.29, 0.717) is 6.04 Å². The van der Waals surface area contributed by atoms with Crippen LogP contribution in [0.2, 0.25) is 5.02 Å². The van der Waals surface area contributed by atoms with E-state index in [-0.39, 0.29) is 0 Å². The van der Waals surface area contributed by atoms with Crippen LogP contribution in [-0.2, 0) is 6.54 Å². The van der Waals surface area contributed by atoms with Crippen LogP contribution in [0.5, 0.6) is 0 Å². The monoisotopic (exact) mass is 392 g/mol. The lowest BCUT2D eigenvalue weighted by molar-refractivity contribution is 0.283. The van der Waals surface area contributed by atoms with Gasteiger partial charge in [0.2, 0.25) is 4.80 Å². The minimum absolute atomic E-state index is 0.460. The van der Waals surface area contributed by atoms with Gasteiger partial charge in [0.15, 0.2) is 0 Å². The Morgan fingerprint density at radius 1 is 1.15 bits per heavy atom. The second-order valence-electron chi connectivity index (χ2n) is 6.87. The number of likely N-dealkylation sites (N-methyl/N-ethyl adjacent to an activating group) is 1. The Morgan fingerprint density at radius 3 is 2.50 bits per heavy atom. The fraction of sp³-hybridized carbons (Fsp3) is 0.600. The Bertz CT molecular complexity index is 740. The van der Waals surface area contributed by atoms with Crippen LogP contribution in [0.1, 0.15) is 46.0 Å². The summed E-state index contributed by atoms with van der Waals surface area (Å²) in [5.41, 5.74) is 1.11. The highest BCUT2D eigenvalue weighted by Crippen LogP contribution is 2.23. The van der Waals surface area contributed by atoms with Gasteiger partial charge in [-0.25, -0.2) is 4.68 Å². The van der Waals surface area contributed by atoms with Gasteiger partial charge < -0.3 is 4.90 Å². The van der Waals surface area contributed by atoms with Crippen LogP contribution in [0.4, 0.5) is 0 Å². The number of nitrogens with zero attached hydrogens (tertiary/aromatic N) is 4. The van der Waals surface area contributed by atoms with Crippen LogP contribution < -0.4 is 4.80 Å². The van der Waals surface area contributed by atoms with E-state index >= 15 is 0 Å². The lowest BCUT2D eigenvalue weighted by Crippen LogP contribution is -2.30. The summed E-state index contributed by atoms with van der Waals surface area (Å²) in [7, 11) is 0. The van der Waals surface area contributed by atoms with Crippen molar-refractivity contribution < 1.29 is 0 Å². The number of benzene rings is 1. The van der Waals surface area contributed by atoms with Gasteiger partial charge in [-0.1, -0.05) is 68.2 Å². The molecule has 0 amide bonds. The van der Waals surface area contributed by atoms with Crippen LogP contribution >= 0.6 is 22.9 Å². The van der Waals surface area contributed by atoms with Crippen LogP contribution in [-0.4, -0.2) is 40.4 Å². The highest BCUT2D eigenvalue weighted by molar-refractivity contribution is 7.12. The highest BCUT2D eigenvalue weighted by atomic mass is 35.5. The normalized spacial score (nSPS) is 16.5. The average molecular weight is 393 g/mol. The molecule has 1 heterocycles. The number of rotatable bonds is 7. The fourth-order valence-corrected chi connectivity index (χ4v) is 4.53. The van der Waals surface area contributed by atoms with Crippen LogP contribution in [0.15, 0.2) is 29.3 Å². The van der Waals surface area contributed by atoms with Gasteiger partial charge in [0, 0.05) is 17.1 Å². The van der Waals surface area contributed by atoms with Gasteiger partial charge in [-0.2, -0.15) is 5.10 Å². The van der Waals surface area contributed by atoms with E-state index in [1.165, 1.54) is 32.1 Å². The summed E-state index contributed by atoms with van der Waals surface area (Å²) in [5, 5.41) is 6.67. The van der Waals surface area contributed by atoms with Crippen molar-refractivity contribution in [2.45, 2.75) is 58.5 Å². The predicted octanol–water partition coefficient (Wildman–Crippen LogP) is 4.84. The largest absolute Gasteiger partial charge is 0.302 e. The number of hydrogen-bond acceptors (Lipinski definition) is 4. The summed E-state index contributed by atoms with van der Waals surface area (Å²) >= 11 is 7.74. The number of halogens is 1. The standard InChI is InChI=1S/C20H29ClN4S/c1-3-24(4-2)14-15-25-20(22-18-8-6-5-7-9-18)26-19(23-25)16-10-12-17(21)13-11-16/h10-13,18H,3-9,14-15H2,1-2H3. The first-order chi connectivity index (χ1) is 12.7. The minimum atomic E-state index is 0.460. The molecule has 2 aromatic rings. The van der Waals surface area contributed by atoms with Crippen molar-refractivity contribution in [2.24, 2.45) is 4.99 Å². The van der Waals surface area contributed by atoms with Crippen LogP contribution in [0.3, 0.4) is 0 Å². The Hall–Kier alpha value is -1.17. The maximum Gasteiger partial charge on any atom is 0.203 e. The molecular formula is C20H29ClN4S. The maximum atomic E-state index is 6.03. The van der Waals surface area contributed by atoms with Crippen LogP contribution in [0.25, 0.3) is 10.6 Å². The molecule has 1 aliphatic carbocycles. The molecule has 142 valence electrons. The number of hydrogen-bond donors (Lipinski definition) is 0.